The smallest absolute Gasteiger partial charge is 0.303 e. The average molecular weight is 510 g/mol. The molecular formula is C24H30O12. The molecule has 0 bridgehead atoms. The molecule has 12 heteroatoms. The lowest BCUT2D eigenvalue weighted by Gasteiger charge is -2.50. The number of hydrogen-bond donors (Lipinski definition) is 0. The molecule has 1 fully saturated rings. The van der Waals surface area contributed by atoms with Crippen LogP contribution in [0.4, 0.5) is 0 Å². The average Bonchev–Trinajstić information content (AvgIpc) is 2.76. The van der Waals surface area contributed by atoms with Crippen LogP contribution in [0.1, 0.15) is 40.2 Å². The fraction of sp³-hybridized carbons (Fsp3) is 0.542. The second-order valence-corrected chi connectivity index (χ2v) is 8.10. The monoisotopic (exact) mass is 510 g/mol. The molecule has 2 rings (SSSR count). The zero-order chi connectivity index (χ0) is 27.0. The molecule has 1 aromatic carbocycles. The normalized spacial score (nSPS) is 25.2. The van der Waals surface area contributed by atoms with Crippen LogP contribution in [0.25, 0.3) is 0 Å². The molecule has 1 aliphatic rings. The highest BCUT2D eigenvalue weighted by Gasteiger charge is 2.62. The van der Waals surface area contributed by atoms with Crippen LogP contribution in [0.2, 0.25) is 0 Å². The van der Waals surface area contributed by atoms with Crippen LogP contribution in [0, 0.1) is 6.92 Å². The van der Waals surface area contributed by atoms with Crippen molar-refractivity contribution in [2.75, 3.05) is 13.2 Å². The Hall–Kier alpha value is -3.67. The first-order valence-corrected chi connectivity index (χ1v) is 11.1. The Morgan fingerprint density at radius 3 is 1.86 bits per heavy atom. The van der Waals surface area contributed by atoms with Gasteiger partial charge in [-0.1, -0.05) is 18.2 Å². The molecule has 0 amide bonds. The molecule has 1 aromatic rings. The van der Waals surface area contributed by atoms with Gasteiger partial charge < -0.3 is 33.2 Å². The fourth-order valence-corrected chi connectivity index (χ4v) is 3.63. The van der Waals surface area contributed by atoms with E-state index in [9.17, 15) is 24.0 Å². The van der Waals surface area contributed by atoms with Gasteiger partial charge >= 0.3 is 29.8 Å². The molecular weight excluding hydrogens is 480 g/mol. The molecule has 0 aromatic heterocycles. The third-order valence-electron chi connectivity index (χ3n) is 4.97. The van der Waals surface area contributed by atoms with Crippen molar-refractivity contribution in [1.29, 1.82) is 0 Å². The number of hydrogen-bond acceptors (Lipinski definition) is 12. The van der Waals surface area contributed by atoms with E-state index >= 15 is 0 Å². The van der Waals surface area contributed by atoms with Crippen LogP contribution in [-0.2, 0) is 52.4 Å². The summed E-state index contributed by atoms with van der Waals surface area (Å²) >= 11 is 0. The third kappa shape index (κ3) is 7.67. The number of aryl methyl sites for hydroxylation is 1. The number of carbonyl (C=O) groups is 5. The molecule has 0 spiro atoms. The summed E-state index contributed by atoms with van der Waals surface area (Å²) in [7, 11) is 0. The van der Waals surface area contributed by atoms with E-state index in [2.05, 4.69) is 0 Å². The van der Waals surface area contributed by atoms with E-state index in [1.54, 1.807) is 31.2 Å². The minimum Gasteiger partial charge on any atom is -0.463 e. The van der Waals surface area contributed by atoms with E-state index in [1.807, 2.05) is 0 Å². The first-order valence-electron chi connectivity index (χ1n) is 11.1. The topological polar surface area (TPSA) is 150 Å². The molecule has 1 heterocycles. The van der Waals surface area contributed by atoms with Gasteiger partial charge in [-0.2, -0.15) is 0 Å². The summed E-state index contributed by atoms with van der Waals surface area (Å²) in [6.45, 7) is 6.26. The Bertz CT molecular complexity index is 989. The zero-order valence-electron chi connectivity index (χ0n) is 20.9. The minimum absolute atomic E-state index is 0.264. The second kappa shape index (κ2) is 12.3. The Kier molecular flexibility index (Phi) is 9.79. The Morgan fingerprint density at radius 1 is 0.778 bits per heavy atom. The highest BCUT2D eigenvalue weighted by atomic mass is 16.8. The summed E-state index contributed by atoms with van der Waals surface area (Å²) in [5, 5.41) is 0. The molecule has 1 aliphatic heterocycles. The molecule has 5 unspecified atom stereocenters. The summed E-state index contributed by atoms with van der Waals surface area (Å²) in [6, 6.07) is 6.76. The van der Waals surface area contributed by atoms with E-state index in [-0.39, 0.29) is 5.75 Å². The van der Waals surface area contributed by atoms with Crippen LogP contribution in [0.5, 0.6) is 5.75 Å². The molecule has 0 N–H and O–H groups in total. The number of carbonyl (C=O) groups excluding carboxylic acids is 5. The number of rotatable bonds is 9. The number of benzene rings is 1. The van der Waals surface area contributed by atoms with Crippen LogP contribution < -0.4 is 4.74 Å². The van der Waals surface area contributed by atoms with Gasteiger partial charge in [0.05, 0.1) is 0 Å². The Morgan fingerprint density at radius 2 is 1.33 bits per heavy atom. The van der Waals surface area contributed by atoms with Crippen LogP contribution in [-0.4, -0.2) is 73.3 Å². The summed E-state index contributed by atoms with van der Waals surface area (Å²) < 4.78 is 39.0. The number of para-hydroxylation sites is 1. The SMILES string of the molecule is CC(=O)OCC1OC(COC(C)=O)(Oc2ccccc2C)C(OC(C)=O)C(OC(C)=O)C1OC(C)=O. The van der Waals surface area contributed by atoms with Crippen LogP contribution >= 0.6 is 0 Å². The maximum atomic E-state index is 12.2. The van der Waals surface area contributed by atoms with Gasteiger partial charge in [0.1, 0.15) is 18.5 Å². The minimum atomic E-state index is -2.11. The highest BCUT2D eigenvalue weighted by molar-refractivity contribution is 5.69. The van der Waals surface area contributed by atoms with E-state index in [0.29, 0.717) is 5.56 Å². The molecule has 36 heavy (non-hydrogen) atoms. The summed E-state index contributed by atoms with van der Waals surface area (Å²) in [5.74, 6) is -5.62. The Labute approximate surface area is 208 Å². The number of ether oxygens (including phenoxy) is 7. The van der Waals surface area contributed by atoms with E-state index in [0.717, 1.165) is 34.6 Å². The van der Waals surface area contributed by atoms with Crippen LogP contribution in [0.3, 0.4) is 0 Å². The van der Waals surface area contributed by atoms with Crippen molar-refractivity contribution >= 4 is 29.8 Å². The standard InChI is InChI=1S/C24H30O12/c1-13-9-7-8-10-19(13)35-24(12-31-15(3)26)23(34-18(6)29)22(33-17(5)28)21(32-16(4)27)20(36-24)11-30-14(2)25/h7-10,20-23H,11-12H2,1-6H3. The van der Waals surface area contributed by atoms with Gasteiger partial charge in [-0.05, 0) is 18.6 Å². The summed E-state index contributed by atoms with van der Waals surface area (Å²) in [5.41, 5.74) is 0.646. The quantitative estimate of drug-likeness (QED) is 0.349. The lowest BCUT2D eigenvalue weighted by molar-refractivity contribution is -0.349. The largest absolute Gasteiger partial charge is 0.463 e. The van der Waals surface area contributed by atoms with Crippen molar-refractivity contribution in [3.05, 3.63) is 29.8 Å². The van der Waals surface area contributed by atoms with Gasteiger partial charge in [-0.25, -0.2) is 0 Å². The maximum Gasteiger partial charge on any atom is 0.303 e. The van der Waals surface area contributed by atoms with E-state index in [4.69, 9.17) is 33.2 Å². The van der Waals surface area contributed by atoms with Crippen molar-refractivity contribution in [3.8, 4) is 5.75 Å². The zero-order valence-corrected chi connectivity index (χ0v) is 20.9. The molecule has 1 saturated heterocycles. The van der Waals surface area contributed by atoms with Gasteiger partial charge in [0.25, 0.3) is 5.79 Å². The van der Waals surface area contributed by atoms with Crippen molar-refractivity contribution in [1.82, 2.24) is 0 Å². The highest BCUT2D eigenvalue weighted by Crippen LogP contribution is 2.39. The van der Waals surface area contributed by atoms with Gasteiger partial charge in [0.2, 0.25) is 6.10 Å². The van der Waals surface area contributed by atoms with Crippen molar-refractivity contribution in [2.45, 2.75) is 71.7 Å². The van der Waals surface area contributed by atoms with E-state index < -0.39 is 73.3 Å². The van der Waals surface area contributed by atoms with Crippen molar-refractivity contribution < 1.29 is 57.1 Å². The van der Waals surface area contributed by atoms with Crippen molar-refractivity contribution in [2.24, 2.45) is 0 Å². The summed E-state index contributed by atoms with van der Waals surface area (Å²) in [4.78, 5) is 59.5. The van der Waals surface area contributed by atoms with Gasteiger partial charge in [0.15, 0.2) is 18.8 Å². The first-order chi connectivity index (χ1) is 16.8. The lowest BCUT2D eigenvalue weighted by Crippen LogP contribution is -2.71. The molecule has 0 radical (unpaired) electrons. The molecule has 0 saturated carbocycles. The van der Waals surface area contributed by atoms with Gasteiger partial charge in [-0.3, -0.25) is 24.0 Å². The van der Waals surface area contributed by atoms with E-state index in [1.165, 1.54) is 0 Å². The Balaban J connectivity index is 2.73. The second-order valence-electron chi connectivity index (χ2n) is 8.10. The molecule has 12 nitrogen and oxygen atoms in total. The summed E-state index contributed by atoms with van der Waals surface area (Å²) in [6.07, 6.45) is -5.76. The van der Waals surface area contributed by atoms with Crippen LogP contribution in [0.15, 0.2) is 24.3 Å². The lowest BCUT2D eigenvalue weighted by atomic mass is 9.91. The maximum absolute atomic E-state index is 12.2. The predicted molar refractivity (Wildman–Crippen MR) is 119 cm³/mol. The molecule has 0 aliphatic carbocycles. The van der Waals surface area contributed by atoms with Crippen molar-refractivity contribution in [3.63, 3.8) is 0 Å². The third-order valence-corrected chi connectivity index (χ3v) is 4.97. The first kappa shape index (κ1) is 28.6. The van der Waals surface area contributed by atoms with Gasteiger partial charge in [-0.15, -0.1) is 0 Å². The van der Waals surface area contributed by atoms with Gasteiger partial charge in [0, 0.05) is 34.6 Å². The number of esters is 5. The predicted octanol–water partition coefficient (Wildman–Crippen LogP) is 1.39. The molecule has 198 valence electrons. The fourth-order valence-electron chi connectivity index (χ4n) is 3.63. The molecule has 5 atom stereocenters.